The molecule has 10 heavy (non-hydrogen) atoms. The minimum atomic E-state index is -0.0365. The van der Waals surface area contributed by atoms with Crippen LogP contribution in [0.1, 0.15) is 12.8 Å². The summed E-state index contributed by atoms with van der Waals surface area (Å²) in [6, 6.07) is 0. The number of hydrazone groups is 1. The average molecular weight is 137 g/mol. The van der Waals surface area contributed by atoms with E-state index in [-0.39, 0.29) is 11.8 Å². The van der Waals surface area contributed by atoms with Gasteiger partial charge in [0.1, 0.15) is 0 Å². The van der Waals surface area contributed by atoms with Gasteiger partial charge in [0, 0.05) is 12.3 Å². The summed E-state index contributed by atoms with van der Waals surface area (Å²) < 4.78 is 0. The Kier molecular flexibility index (Phi) is 2.20. The Labute approximate surface area is 59.8 Å². The predicted molar refractivity (Wildman–Crippen MR) is 38.5 cm³/mol. The summed E-state index contributed by atoms with van der Waals surface area (Å²) in [5.41, 5.74) is 2.31. The van der Waals surface area contributed by atoms with Crippen LogP contribution >= 0.6 is 0 Å². The van der Waals surface area contributed by atoms with E-state index in [0.717, 1.165) is 6.42 Å². The standard InChI is InChI=1S/C7H9N2O/c1-2-3-6-4-7(10)9-8-5-6/h2,6H,1,3-4H2,(H,9,10). The van der Waals surface area contributed by atoms with Crippen LogP contribution in [0, 0.1) is 5.92 Å². The number of nitrogens with zero attached hydrogens (tertiary/aromatic N) is 1. The fraction of sp³-hybridized carbons (Fsp3) is 0.429. The van der Waals surface area contributed by atoms with Crippen molar-refractivity contribution in [2.75, 3.05) is 0 Å². The molecule has 0 fully saturated rings. The molecule has 1 atom stereocenters. The zero-order valence-electron chi connectivity index (χ0n) is 5.63. The number of hydrogen-bond donors (Lipinski definition) is 1. The number of amides is 1. The molecule has 0 bridgehead atoms. The van der Waals surface area contributed by atoms with E-state index in [2.05, 4.69) is 23.3 Å². The number of allylic oxidation sites excluding steroid dienone is 1. The van der Waals surface area contributed by atoms with Crippen molar-refractivity contribution in [3.63, 3.8) is 0 Å². The first-order valence-electron chi connectivity index (χ1n) is 3.18. The van der Waals surface area contributed by atoms with Crippen molar-refractivity contribution in [2.24, 2.45) is 11.0 Å². The molecule has 3 nitrogen and oxygen atoms in total. The normalized spacial score (nSPS) is 24.0. The molecule has 0 saturated carbocycles. The number of carbonyl (C=O) groups is 1. The van der Waals surface area contributed by atoms with Crippen LogP contribution in [0.2, 0.25) is 0 Å². The highest BCUT2D eigenvalue weighted by Crippen LogP contribution is 2.08. The van der Waals surface area contributed by atoms with E-state index in [4.69, 9.17) is 0 Å². The van der Waals surface area contributed by atoms with E-state index in [9.17, 15) is 4.79 Å². The van der Waals surface area contributed by atoms with E-state index in [1.165, 1.54) is 0 Å². The summed E-state index contributed by atoms with van der Waals surface area (Å²) in [6.45, 7) is 3.57. The number of nitrogens with one attached hydrogen (secondary N) is 1. The van der Waals surface area contributed by atoms with Crippen LogP contribution in [-0.2, 0) is 4.79 Å². The molecule has 1 aliphatic rings. The van der Waals surface area contributed by atoms with Crippen LogP contribution in [0.4, 0.5) is 0 Å². The lowest BCUT2D eigenvalue weighted by Crippen LogP contribution is -2.26. The molecule has 0 aromatic rings. The highest BCUT2D eigenvalue weighted by Gasteiger charge is 2.14. The van der Waals surface area contributed by atoms with E-state index in [1.54, 1.807) is 6.08 Å². The van der Waals surface area contributed by atoms with Crippen LogP contribution in [0.15, 0.2) is 17.8 Å². The average Bonchev–Trinajstić information content (AvgIpc) is 1.88. The summed E-state index contributed by atoms with van der Waals surface area (Å²) in [7, 11) is 0. The van der Waals surface area contributed by atoms with Gasteiger partial charge in [-0.1, -0.05) is 6.08 Å². The molecule has 1 amide bonds. The van der Waals surface area contributed by atoms with Gasteiger partial charge in [-0.15, -0.1) is 6.58 Å². The maximum absolute atomic E-state index is 10.7. The molecular weight excluding hydrogens is 128 g/mol. The largest absolute Gasteiger partial charge is 0.273 e. The predicted octanol–water partition coefficient (Wildman–Crippen LogP) is 0.561. The van der Waals surface area contributed by atoms with E-state index in [0.29, 0.717) is 6.42 Å². The van der Waals surface area contributed by atoms with E-state index < -0.39 is 0 Å². The van der Waals surface area contributed by atoms with Crippen molar-refractivity contribution in [2.45, 2.75) is 12.8 Å². The first-order valence-corrected chi connectivity index (χ1v) is 3.18. The highest BCUT2D eigenvalue weighted by molar-refractivity contribution is 5.83. The molecule has 1 unspecified atom stereocenters. The van der Waals surface area contributed by atoms with Gasteiger partial charge in [0.25, 0.3) is 0 Å². The first-order chi connectivity index (χ1) is 4.83. The van der Waals surface area contributed by atoms with Crippen LogP contribution in [0.3, 0.4) is 0 Å². The van der Waals surface area contributed by atoms with Gasteiger partial charge >= 0.3 is 0 Å². The molecule has 0 spiro atoms. The van der Waals surface area contributed by atoms with Crippen molar-refractivity contribution in [1.29, 1.82) is 0 Å². The van der Waals surface area contributed by atoms with E-state index in [1.807, 2.05) is 0 Å². The van der Waals surface area contributed by atoms with Gasteiger partial charge in [-0.2, -0.15) is 5.10 Å². The number of hydrogen-bond acceptors (Lipinski definition) is 2. The zero-order valence-corrected chi connectivity index (χ0v) is 5.63. The summed E-state index contributed by atoms with van der Waals surface area (Å²) in [4.78, 5) is 10.7. The Bertz CT molecular complexity index is 174. The molecule has 1 radical (unpaired) electrons. The first kappa shape index (κ1) is 6.99. The van der Waals surface area contributed by atoms with Gasteiger partial charge in [0.15, 0.2) is 0 Å². The fourth-order valence-corrected chi connectivity index (χ4v) is 0.838. The van der Waals surface area contributed by atoms with Crippen molar-refractivity contribution < 1.29 is 4.79 Å². The second-order valence-corrected chi connectivity index (χ2v) is 2.20. The summed E-state index contributed by atoms with van der Waals surface area (Å²) >= 11 is 0. The molecule has 1 N–H and O–H groups in total. The molecule has 3 heteroatoms. The molecule has 0 aromatic carbocycles. The Balaban J connectivity index is 2.46. The second-order valence-electron chi connectivity index (χ2n) is 2.20. The van der Waals surface area contributed by atoms with Gasteiger partial charge in [-0.05, 0) is 6.42 Å². The zero-order chi connectivity index (χ0) is 7.40. The number of rotatable bonds is 2. The van der Waals surface area contributed by atoms with Crippen LogP contribution in [0.5, 0.6) is 0 Å². The van der Waals surface area contributed by atoms with Crippen molar-refractivity contribution in [3.8, 4) is 0 Å². The molecule has 0 aromatic heterocycles. The minimum absolute atomic E-state index is 0.0365. The Morgan fingerprint density at radius 2 is 2.80 bits per heavy atom. The van der Waals surface area contributed by atoms with Gasteiger partial charge in [0.2, 0.25) is 5.91 Å². The lowest BCUT2D eigenvalue weighted by molar-refractivity contribution is -0.121. The van der Waals surface area contributed by atoms with E-state index >= 15 is 0 Å². The van der Waals surface area contributed by atoms with Gasteiger partial charge in [-0.3, -0.25) is 4.79 Å². The SMILES string of the molecule is C=CCC1[C]=NNC(=O)C1. The second kappa shape index (κ2) is 3.15. The van der Waals surface area contributed by atoms with Gasteiger partial charge < -0.3 is 0 Å². The summed E-state index contributed by atoms with van der Waals surface area (Å²) in [5.74, 6) is 0.0943. The van der Waals surface area contributed by atoms with Crippen molar-refractivity contribution in [3.05, 3.63) is 12.7 Å². The molecule has 0 aliphatic carbocycles. The van der Waals surface area contributed by atoms with Crippen molar-refractivity contribution >= 4 is 12.1 Å². The smallest absolute Gasteiger partial charge is 0.240 e. The molecule has 1 aliphatic heterocycles. The topological polar surface area (TPSA) is 41.5 Å². The molecule has 1 rings (SSSR count). The Morgan fingerprint density at radius 3 is 3.40 bits per heavy atom. The maximum atomic E-state index is 10.7. The van der Waals surface area contributed by atoms with Crippen molar-refractivity contribution in [1.82, 2.24) is 5.43 Å². The third-order valence-electron chi connectivity index (χ3n) is 1.31. The molecule has 53 valence electrons. The Morgan fingerprint density at radius 1 is 2.00 bits per heavy atom. The van der Waals surface area contributed by atoms with Crippen LogP contribution in [-0.4, -0.2) is 12.1 Å². The quantitative estimate of drug-likeness (QED) is 0.555. The van der Waals surface area contributed by atoms with Gasteiger partial charge in [0.05, 0.1) is 6.21 Å². The highest BCUT2D eigenvalue weighted by atomic mass is 16.2. The lowest BCUT2D eigenvalue weighted by atomic mass is 10.0. The monoisotopic (exact) mass is 137 g/mol. The summed E-state index contributed by atoms with van der Waals surface area (Å²) in [5, 5.41) is 3.56. The molecular formula is C7H9N2O. The summed E-state index contributed by atoms with van der Waals surface area (Å²) in [6.07, 6.45) is 5.80. The number of carbonyl (C=O) groups excluding carboxylic acids is 1. The fourth-order valence-electron chi connectivity index (χ4n) is 0.838. The lowest BCUT2D eigenvalue weighted by Gasteiger charge is -2.11. The minimum Gasteiger partial charge on any atom is -0.273 e. The van der Waals surface area contributed by atoms with Crippen LogP contribution in [0.25, 0.3) is 0 Å². The maximum Gasteiger partial charge on any atom is 0.240 e. The molecule has 1 heterocycles. The van der Waals surface area contributed by atoms with Crippen LogP contribution < -0.4 is 5.43 Å². The Hall–Kier alpha value is -1.12. The third-order valence-corrected chi connectivity index (χ3v) is 1.31. The third kappa shape index (κ3) is 1.69. The van der Waals surface area contributed by atoms with Gasteiger partial charge in [-0.25, -0.2) is 5.43 Å². The molecule has 0 saturated heterocycles.